The van der Waals surface area contributed by atoms with Crippen LogP contribution in [0.4, 0.5) is 0 Å². The highest BCUT2D eigenvalue weighted by atomic mass is 35.5. The highest BCUT2D eigenvalue weighted by Crippen LogP contribution is 2.45. The maximum atomic E-state index is 13.0. The van der Waals surface area contributed by atoms with Gasteiger partial charge >= 0.3 is 5.97 Å². The van der Waals surface area contributed by atoms with Crippen molar-refractivity contribution in [3.63, 3.8) is 0 Å². The van der Waals surface area contributed by atoms with Crippen LogP contribution in [0, 0.1) is 0 Å². The molecule has 5 nitrogen and oxygen atoms in total. The van der Waals surface area contributed by atoms with Gasteiger partial charge in [0.2, 0.25) is 0 Å². The van der Waals surface area contributed by atoms with Crippen LogP contribution in [0.25, 0.3) is 0 Å². The van der Waals surface area contributed by atoms with Crippen molar-refractivity contribution in [2.24, 2.45) is 0 Å². The van der Waals surface area contributed by atoms with Gasteiger partial charge in [0, 0.05) is 38.7 Å². The lowest BCUT2D eigenvalue weighted by Gasteiger charge is -2.33. The van der Waals surface area contributed by atoms with Crippen molar-refractivity contribution in [1.29, 1.82) is 0 Å². The Morgan fingerprint density at radius 3 is 2.76 bits per heavy atom. The Morgan fingerprint density at radius 1 is 1.24 bits per heavy atom. The summed E-state index contributed by atoms with van der Waals surface area (Å²) in [6.07, 6.45) is 2.95. The second kappa shape index (κ2) is 10.1. The first kappa shape index (κ1) is 23.6. The van der Waals surface area contributed by atoms with Crippen LogP contribution in [0.15, 0.2) is 52.9 Å². The number of hydrogen-bond donors (Lipinski definition) is 1. The topological polar surface area (TPSA) is 64.6 Å². The number of aryl methyl sites for hydroxylation is 1. The Balaban J connectivity index is 1.74. The molecular formula is C26H28ClNO4S. The summed E-state index contributed by atoms with van der Waals surface area (Å²) in [5.41, 5.74) is 3.96. The lowest BCUT2D eigenvalue weighted by Crippen LogP contribution is -2.34. The van der Waals surface area contributed by atoms with E-state index in [9.17, 15) is 9.59 Å². The normalized spacial score (nSPS) is 18.2. The summed E-state index contributed by atoms with van der Waals surface area (Å²) >= 11 is 7.89. The molecule has 0 bridgehead atoms. The largest absolute Gasteiger partial charge is 0.487 e. The van der Waals surface area contributed by atoms with E-state index >= 15 is 0 Å². The minimum absolute atomic E-state index is 0.100. The molecule has 1 atom stereocenters. The van der Waals surface area contributed by atoms with Crippen molar-refractivity contribution >= 4 is 34.7 Å². The number of carbonyl (C=O) groups is 2. The van der Waals surface area contributed by atoms with Crippen molar-refractivity contribution < 1.29 is 19.1 Å². The summed E-state index contributed by atoms with van der Waals surface area (Å²) in [6, 6.07) is 9.47. The smallest absolute Gasteiger partial charge is 0.336 e. The first-order valence-electron chi connectivity index (χ1n) is 11.3. The van der Waals surface area contributed by atoms with E-state index in [1.54, 1.807) is 24.3 Å². The monoisotopic (exact) mass is 485 g/mol. The summed E-state index contributed by atoms with van der Waals surface area (Å²) in [5, 5.41) is 3.89. The quantitative estimate of drug-likeness (QED) is 0.482. The van der Waals surface area contributed by atoms with Gasteiger partial charge in [0.05, 0.1) is 23.1 Å². The molecule has 7 heteroatoms. The minimum Gasteiger partial charge on any atom is -0.487 e. The maximum absolute atomic E-state index is 13.0. The number of nitrogens with one attached hydrogen (secondary N) is 1. The third kappa shape index (κ3) is 4.73. The number of para-hydroxylation sites is 1. The third-order valence-corrected chi connectivity index (χ3v) is 7.71. The Morgan fingerprint density at radius 2 is 2.03 bits per heavy atom. The SMILES string of the molecule is CCOC(=O)C1=C(C)NC2=C(C(=O)CCC2)C1c1cc(COc2ccccc2Cl)c(CC)s1. The molecule has 2 aliphatic rings. The molecule has 1 unspecified atom stereocenters. The standard InChI is InChI=1S/C26H28ClNO4S/c1-4-21-16(14-32-20-12-7-6-9-17(20)27)13-22(33-21)25-23(26(30)31-5-2)15(3)28-18-10-8-11-19(29)24(18)25/h6-7,9,12-13,25,28H,4-5,8,10-11,14H2,1-3H3. The predicted molar refractivity (Wildman–Crippen MR) is 131 cm³/mol. The number of hydrogen-bond acceptors (Lipinski definition) is 6. The maximum Gasteiger partial charge on any atom is 0.336 e. The van der Waals surface area contributed by atoms with Crippen LogP contribution < -0.4 is 10.1 Å². The minimum atomic E-state index is -0.419. The van der Waals surface area contributed by atoms with E-state index in [4.69, 9.17) is 21.1 Å². The zero-order valence-corrected chi connectivity index (χ0v) is 20.7. The van der Waals surface area contributed by atoms with E-state index in [-0.39, 0.29) is 18.4 Å². The van der Waals surface area contributed by atoms with Crippen LogP contribution in [0.5, 0.6) is 5.75 Å². The lowest BCUT2D eigenvalue weighted by atomic mass is 9.78. The highest BCUT2D eigenvalue weighted by molar-refractivity contribution is 7.12. The zero-order valence-electron chi connectivity index (χ0n) is 19.1. The molecule has 0 fully saturated rings. The number of halogens is 1. The molecule has 2 heterocycles. The molecule has 0 amide bonds. The zero-order chi connectivity index (χ0) is 23.5. The van der Waals surface area contributed by atoms with Gasteiger partial charge in [-0.25, -0.2) is 4.79 Å². The molecule has 0 saturated heterocycles. The van der Waals surface area contributed by atoms with Gasteiger partial charge in [-0.15, -0.1) is 11.3 Å². The Hall–Kier alpha value is -2.57. The molecule has 1 aromatic carbocycles. The van der Waals surface area contributed by atoms with Crippen molar-refractivity contribution in [1.82, 2.24) is 5.32 Å². The van der Waals surface area contributed by atoms with Crippen LogP contribution in [0.1, 0.15) is 61.3 Å². The fraction of sp³-hybridized carbons (Fsp3) is 0.385. The molecule has 1 aliphatic carbocycles. The van der Waals surface area contributed by atoms with E-state index in [1.807, 2.05) is 25.1 Å². The number of benzene rings is 1. The van der Waals surface area contributed by atoms with E-state index in [1.165, 1.54) is 4.88 Å². The predicted octanol–water partition coefficient (Wildman–Crippen LogP) is 6.07. The van der Waals surface area contributed by atoms with Gasteiger partial charge in [0.15, 0.2) is 5.78 Å². The molecule has 1 aromatic heterocycles. The first-order valence-corrected chi connectivity index (χ1v) is 12.5. The average molecular weight is 486 g/mol. The number of carbonyl (C=O) groups excluding carboxylic acids is 2. The van der Waals surface area contributed by atoms with E-state index < -0.39 is 5.92 Å². The summed E-state index contributed by atoms with van der Waals surface area (Å²) in [5.74, 6) is -0.0650. The molecule has 0 radical (unpaired) electrons. The third-order valence-electron chi connectivity index (χ3n) is 6.01. The van der Waals surface area contributed by atoms with Crippen LogP contribution in [0.2, 0.25) is 5.02 Å². The lowest BCUT2D eigenvalue weighted by molar-refractivity contribution is -0.138. The van der Waals surface area contributed by atoms with Gasteiger partial charge in [-0.3, -0.25) is 4.79 Å². The molecule has 174 valence electrons. The Labute approximate surface area is 203 Å². The number of ketones is 1. The molecule has 1 aliphatic heterocycles. The molecular weight excluding hydrogens is 458 g/mol. The van der Waals surface area contributed by atoms with Gasteiger partial charge < -0.3 is 14.8 Å². The first-order chi connectivity index (χ1) is 15.9. The van der Waals surface area contributed by atoms with Crippen LogP contribution >= 0.6 is 22.9 Å². The van der Waals surface area contributed by atoms with Crippen molar-refractivity contribution in [3.05, 3.63) is 73.2 Å². The summed E-state index contributed by atoms with van der Waals surface area (Å²) < 4.78 is 11.4. The summed E-state index contributed by atoms with van der Waals surface area (Å²) in [6.45, 7) is 6.42. The van der Waals surface area contributed by atoms with Crippen molar-refractivity contribution in [2.75, 3.05) is 6.61 Å². The number of allylic oxidation sites excluding steroid dienone is 3. The van der Waals surface area contributed by atoms with Crippen LogP contribution in [0.3, 0.4) is 0 Å². The molecule has 2 aromatic rings. The van der Waals surface area contributed by atoms with Gasteiger partial charge in [0.25, 0.3) is 0 Å². The van der Waals surface area contributed by atoms with Gasteiger partial charge in [-0.1, -0.05) is 30.7 Å². The van der Waals surface area contributed by atoms with Crippen LogP contribution in [-0.4, -0.2) is 18.4 Å². The molecule has 0 saturated carbocycles. The number of rotatable bonds is 7. The number of dihydropyridines is 1. The molecule has 1 N–H and O–H groups in total. The number of esters is 1. The fourth-order valence-electron chi connectivity index (χ4n) is 4.52. The van der Waals surface area contributed by atoms with Gasteiger partial charge in [-0.05, 0) is 51.3 Å². The Kier molecular flexibility index (Phi) is 7.25. The number of ether oxygens (including phenoxy) is 2. The van der Waals surface area contributed by atoms with E-state index in [0.29, 0.717) is 34.9 Å². The van der Waals surface area contributed by atoms with E-state index in [0.717, 1.165) is 41.1 Å². The van der Waals surface area contributed by atoms with Crippen molar-refractivity contribution in [3.8, 4) is 5.75 Å². The number of thiophene rings is 1. The second-order valence-corrected chi connectivity index (χ2v) is 9.73. The number of Topliss-reactive ketones (excluding diaryl/α,β-unsaturated/α-hetero) is 1. The van der Waals surface area contributed by atoms with E-state index in [2.05, 4.69) is 18.3 Å². The second-order valence-electron chi connectivity index (χ2n) is 8.16. The highest BCUT2D eigenvalue weighted by Gasteiger charge is 2.40. The Bertz CT molecular complexity index is 1150. The van der Waals surface area contributed by atoms with Crippen LogP contribution in [-0.2, 0) is 27.4 Å². The summed E-state index contributed by atoms with van der Waals surface area (Å²) in [7, 11) is 0. The molecule has 33 heavy (non-hydrogen) atoms. The van der Waals surface area contributed by atoms with Gasteiger partial charge in [-0.2, -0.15) is 0 Å². The van der Waals surface area contributed by atoms with Gasteiger partial charge in [0.1, 0.15) is 12.4 Å². The molecule has 0 spiro atoms. The average Bonchev–Trinajstić information content (AvgIpc) is 3.21. The summed E-state index contributed by atoms with van der Waals surface area (Å²) in [4.78, 5) is 28.2. The molecule has 4 rings (SSSR count). The fourth-order valence-corrected chi connectivity index (χ4v) is 5.94. The van der Waals surface area contributed by atoms with Crippen molar-refractivity contribution in [2.45, 2.75) is 59.0 Å².